The molecule has 7 heteroatoms. The number of para-hydroxylation sites is 1. The molecule has 0 unspecified atom stereocenters. The van der Waals surface area contributed by atoms with Crippen LogP contribution in [0, 0.1) is 0 Å². The lowest BCUT2D eigenvalue weighted by molar-refractivity contribution is 0.499. The molecule has 0 radical (unpaired) electrons. The Balaban J connectivity index is 2.22. The Morgan fingerprint density at radius 1 is 1.17 bits per heavy atom. The molecule has 0 bridgehead atoms. The molecule has 0 aromatic heterocycles. The molecule has 1 aliphatic rings. The molecule has 0 saturated carbocycles. The fourth-order valence-corrected chi connectivity index (χ4v) is 4.06. The van der Waals surface area contributed by atoms with Crippen LogP contribution in [-0.2, 0) is 10.0 Å². The Kier molecular flexibility index (Phi) is 4.37. The summed E-state index contributed by atoms with van der Waals surface area (Å²) in [5, 5.41) is 3.34. The molecule has 2 N–H and O–H groups in total. The van der Waals surface area contributed by atoms with Gasteiger partial charge in [0.2, 0.25) is 10.0 Å². The zero-order valence-electron chi connectivity index (χ0n) is 9.62. The summed E-state index contributed by atoms with van der Waals surface area (Å²) >= 11 is 11.9. The lowest BCUT2D eigenvalue weighted by Gasteiger charge is -2.23. The molecule has 1 heterocycles. The molecule has 1 aromatic rings. The molecule has 0 spiro atoms. The smallest absolute Gasteiger partial charge is 0.235 e. The van der Waals surface area contributed by atoms with E-state index in [-0.39, 0.29) is 5.69 Å². The molecule has 1 fully saturated rings. The van der Waals surface area contributed by atoms with E-state index in [2.05, 4.69) is 10.0 Å². The van der Waals surface area contributed by atoms with Gasteiger partial charge in [-0.3, -0.25) is 4.72 Å². The number of hydrogen-bond acceptors (Lipinski definition) is 3. The van der Waals surface area contributed by atoms with E-state index in [0.717, 1.165) is 0 Å². The second kappa shape index (κ2) is 5.65. The summed E-state index contributed by atoms with van der Waals surface area (Å²) in [5.41, 5.74) is 0.263. The Morgan fingerprint density at radius 2 is 1.72 bits per heavy atom. The van der Waals surface area contributed by atoms with Gasteiger partial charge in [0.15, 0.2) is 0 Å². The van der Waals surface area contributed by atoms with Crippen LogP contribution in [0.3, 0.4) is 0 Å². The molecule has 2 rings (SSSR count). The summed E-state index contributed by atoms with van der Waals surface area (Å²) in [5.74, 6) is 0. The van der Waals surface area contributed by atoms with Crippen molar-refractivity contribution < 1.29 is 8.42 Å². The molecule has 0 amide bonds. The number of anilines is 1. The maximum Gasteiger partial charge on any atom is 0.235 e. The molecular weight excluding hydrogens is 295 g/mol. The third kappa shape index (κ3) is 3.09. The first-order valence-electron chi connectivity index (χ1n) is 5.67. The van der Waals surface area contributed by atoms with E-state index < -0.39 is 15.3 Å². The molecule has 1 aliphatic heterocycles. The van der Waals surface area contributed by atoms with Crippen LogP contribution >= 0.6 is 23.2 Å². The molecule has 4 nitrogen and oxygen atoms in total. The van der Waals surface area contributed by atoms with Crippen LogP contribution in [0.2, 0.25) is 10.0 Å². The summed E-state index contributed by atoms with van der Waals surface area (Å²) in [7, 11) is -3.44. The number of halogens is 2. The predicted molar refractivity (Wildman–Crippen MR) is 74.9 cm³/mol. The van der Waals surface area contributed by atoms with Gasteiger partial charge in [0.05, 0.1) is 21.0 Å². The van der Waals surface area contributed by atoms with Crippen molar-refractivity contribution in [3.8, 4) is 0 Å². The summed E-state index contributed by atoms with van der Waals surface area (Å²) in [6.07, 6.45) is 1.19. The van der Waals surface area contributed by atoms with Crippen LogP contribution in [0.15, 0.2) is 18.2 Å². The van der Waals surface area contributed by atoms with Crippen molar-refractivity contribution in [2.24, 2.45) is 0 Å². The second-order valence-corrected chi connectivity index (χ2v) is 6.97. The highest BCUT2D eigenvalue weighted by Crippen LogP contribution is 2.31. The van der Waals surface area contributed by atoms with Gasteiger partial charge in [-0.15, -0.1) is 0 Å². The third-order valence-corrected chi connectivity index (χ3v) is 5.40. The first kappa shape index (κ1) is 13.9. The molecule has 18 heavy (non-hydrogen) atoms. The summed E-state index contributed by atoms with van der Waals surface area (Å²) in [6, 6.07) is 4.88. The quantitative estimate of drug-likeness (QED) is 0.902. The zero-order chi connectivity index (χ0) is 13.2. The van der Waals surface area contributed by atoms with Crippen LogP contribution in [0.5, 0.6) is 0 Å². The molecule has 1 saturated heterocycles. The van der Waals surface area contributed by atoms with Gasteiger partial charge in [-0.05, 0) is 38.1 Å². The SMILES string of the molecule is O=S(=O)(Nc1c(Cl)cccc1Cl)C1CCNCC1. The standard InChI is InChI=1S/C11H14Cl2N2O2S/c12-9-2-1-3-10(13)11(9)15-18(16,17)8-4-6-14-7-5-8/h1-3,8,14-15H,4-7H2. The van der Waals surface area contributed by atoms with Gasteiger partial charge in [0.1, 0.15) is 0 Å². The van der Waals surface area contributed by atoms with E-state index in [1.165, 1.54) is 0 Å². The Labute approximate surface area is 117 Å². The van der Waals surface area contributed by atoms with E-state index in [4.69, 9.17) is 23.2 Å². The third-order valence-electron chi connectivity index (χ3n) is 2.93. The highest BCUT2D eigenvalue weighted by molar-refractivity contribution is 7.93. The first-order valence-corrected chi connectivity index (χ1v) is 7.97. The van der Waals surface area contributed by atoms with Crippen LogP contribution < -0.4 is 10.0 Å². The monoisotopic (exact) mass is 308 g/mol. The number of nitrogens with one attached hydrogen (secondary N) is 2. The summed E-state index contributed by atoms with van der Waals surface area (Å²) in [6.45, 7) is 1.42. The number of piperidine rings is 1. The fourth-order valence-electron chi connectivity index (χ4n) is 1.93. The molecule has 0 atom stereocenters. The molecule has 1 aromatic carbocycles. The van der Waals surface area contributed by atoms with E-state index in [9.17, 15) is 8.42 Å². The minimum Gasteiger partial charge on any atom is -0.317 e. The van der Waals surface area contributed by atoms with Gasteiger partial charge in [0.25, 0.3) is 0 Å². The maximum atomic E-state index is 12.2. The minimum atomic E-state index is -3.44. The lowest BCUT2D eigenvalue weighted by atomic mass is 10.2. The van der Waals surface area contributed by atoms with E-state index in [1.54, 1.807) is 18.2 Å². The van der Waals surface area contributed by atoms with Crippen molar-refractivity contribution in [3.05, 3.63) is 28.2 Å². The van der Waals surface area contributed by atoms with Gasteiger partial charge in [-0.2, -0.15) is 0 Å². The number of benzene rings is 1. The average Bonchev–Trinajstić information content (AvgIpc) is 2.35. The highest BCUT2D eigenvalue weighted by Gasteiger charge is 2.28. The number of sulfonamides is 1. The Morgan fingerprint density at radius 3 is 2.28 bits per heavy atom. The van der Waals surface area contributed by atoms with E-state index in [1.807, 2.05) is 0 Å². The maximum absolute atomic E-state index is 12.2. The summed E-state index contributed by atoms with van der Waals surface area (Å²) in [4.78, 5) is 0. The fraction of sp³-hybridized carbons (Fsp3) is 0.455. The Bertz CT molecular complexity index is 508. The highest BCUT2D eigenvalue weighted by atomic mass is 35.5. The molecular formula is C11H14Cl2N2O2S. The topological polar surface area (TPSA) is 58.2 Å². The predicted octanol–water partition coefficient (Wildman–Crippen LogP) is 2.49. The van der Waals surface area contributed by atoms with Crippen molar-refractivity contribution in [1.82, 2.24) is 5.32 Å². The first-order chi connectivity index (χ1) is 8.50. The Hall–Kier alpha value is -0.490. The number of hydrogen-bond donors (Lipinski definition) is 2. The summed E-state index contributed by atoms with van der Waals surface area (Å²) < 4.78 is 26.9. The minimum absolute atomic E-state index is 0.263. The van der Waals surface area contributed by atoms with E-state index >= 15 is 0 Å². The molecule has 0 aliphatic carbocycles. The van der Waals surface area contributed by atoms with Crippen LogP contribution in [0.1, 0.15) is 12.8 Å². The second-order valence-electron chi connectivity index (χ2n) is 4.19. The van der Waals surface area contributed by atoms with Crippen molar-refractivity contribution in [3.63, 3.8) is 0 Å². The van der Waals surface area contributed by atoms with Gasteiger partial charge in [-0.1, -0.05) is 29.3 Å². The van der Waals surface area contributed by atoms with Crippen molar-refractivity contribution in [1.29, 1.82) is 0 Å². The van der Waals surface area contributed by atoms with Crippen LogP contribution in [-0.4, -0.2) is 26.8 Å². The molecule has 100 valence electrons. The van der Waals surface area contributed by atoms with Crippen molar-refractivity contribution in [2.45, 2.75) is 18.1 Å². The average molecular weight is 309 g/mol. The zero-order valence-corrected chi connectivity index (χ0v) is 11.9. The van der Waals surface area contributed by atoms with Gasteiger partial charge in [-0.25, -0.2) is 8.42 Å². The van der Waals surface area contributed by atoms with Crippen molar-refractivity contribution in [2.75, 3.05) is 17.8 Å². The normalized spacial score (nSPS) is 17.7. The van der Waals surface area contributed by atoms with Crippen molar-refractivity contribution >= 4 is 38.9 Å². The van der Waals surface area contributed by atoms with E-state index in [0.29, 0.717) is 36.0 Å². The van der Waals surface area contributed by atoms with Gasteiger partial charge >= 0.3 is 0 Å². The largest absolute Gasteiger partial charge is 0.317 e. The number of rotatable bonds is 3. The van der Waals surface area contributed by atoms with Crippen LogP contribution in [0.25, 0.3) is 0 Å². The van der Waals surface area contributed by atoms with Gasteiger partial charge < -0.3 is 5.32 Å². The lowest BCUT2D eigenvalue weighted by Crippen LogP contribution is -2.38. The van der Waals surface area contributed by atoms with Crippen LogP contribution in [0.4, 0.5) is 5.69 Å². The van der Waals surface area contributed by atoms with Gasteiger partial charge in [0, 0.05) is 0 Å².